The molecule has 0 spiro atoms. The Morgan fingerprint density at radius 3 is 2.59 bits per heavy atom. The van der Waals surface area contributed by atoms with E-state index in [0.717, 1.165) is 5.56 Å². The topological polar surface area (TPSA) is 54.3 Å². The molecular formula is C17H23N3O2. The minimum atomic E-state index is -0.388. The van der Waals surface area contributed by atoms with Gasteiger partial charge in [0.2, 0.25) is 5.90 Å². The Bertz CT molecular complexity index is 567. The molecule has 1 aromatic rings. The number of carbonyl (C=O) groups is 1. The van der Waals surface area contributed by atoms with Crippen LogP contribution in [0, 0.1) is 0 Å². The average Bonchev–Trinajstić information content (AvgIpc) is 2.84. The molecule has 0 radical (unpaired) electrons. The van der Waals surface area contributed by atoms with Crippen molar-refractivity contribution >= 4 is 17.6 Å². The summed E-state index contributed by atoms with van der Waals surface area (Å²) in [4.78, 5) is 17.1. The van der Waals surface area contributed by atoms with Crippen LogP contribution in [0.3, 0.4) is 0 Å². The smallest absolute Gasteiger partial charge is 0.273 e. The normalized spacial score (nSPS) is 18.6. The predicted octanol–water partition coefficient (Wildman–Crippen LogP) is 3.01. The van der Waals surface area contributed by atoms with Crippen LogP contribution in [-0.2, 0) is 16.0 Å². The van der Waals surface area contributed by atoms with Gasteiger partial charge in [-0.1, -0.05) is 44.2 Å². The summed E-state index contributed by atoms with van der Waals surface area (Å²) in [6.45, 7) is 6.38. The molecule has 0 bridgehead atoms. The summed E-state index contributed by atoms with van der Waals surface area (Å²) < 4.78 is 5.45. The van der Waals surface area contributed by atoms with Crippen LogP contribution in [-0.4, -0.2) is 35.3 Å². The van der Waals surface area contributed by atoms with Crippen molar-refractivity contribution < 1.29 is 9.53 Å². The molecule has 0 fully saturated rings. The molecule has 1 aromatic carbocycles. The van der Waals surface area contributed by atoms with Gasteiger partial charge in [0.1, 0.15) is 11.9 Å². The van der Waals surface area contributed by atoms with E-state index in [-0.39, 0.29) is 11.9 Å². The number of ether oxygens (including phenoxy) is 1. The lowest BCUT2D eigenvalue weighted by atomic mass is 10.1. The Morgan fingerprint density at radius 1 is 1.27 bits per heavy atom. The van der Waals surface area contributed by atoms with Gasteiger partial charge in [0, 0.05) is 19.3 Å². The van der Waals surface area contributed by atoms with Crippen LogP contribution in [0.4, 0.5) is 0 Å². The third-order valence-electron chi connectivity index (χ3n) is 3.46. The van der Waals surface area contributed by atoms with Crippen molar-refractivity contribution in [2.24, 2.45) is 10.1 Å². The largest absolute Gasteiger partial charge is 0.480 e. The summed E-state index contributed by atoms with van der Waals surface area (Å²) in [7, 11) is 0. The lowest BCUT2D eigenvalue weighted by Crippen LogP contribution is -2.32. The lowest BCUT2D eigenvalue weighted by molar-refractivity contribution is -0.127. The van der Waals surface area contributed by atoms with Crippen LogP contribution in [0.15, 0.2) is 40.4 Å². The van der Waals surface area contributed by atoms with Crippen molar-refractivity contribution in [1.29, 1.82) is 0 Å². The fourth-order valence-electron chi connectivity index (χ4n) is 2.36. The van der Waals surface area contributed by atoms with E-state index in [1.165, 1.54) is 5.01 Å². The van der Waals surface area contributed by atoms with E-state index < -0.39 is 0 Å². The van der Waals surface area contributed by atoms with Gasteiger partial charge in [-0.05, 0) is 12.5 Å². The molecule has 22 heavy (non-hydrogen) atoms. The number of aliphatic imine (C=N–C) groups is 1. The van der Waals surface area contributed by atoms with Gasteiger partial charge in [-0.25, -0.2) is 0 Å². The SMILES string of the molecule is CCO/C(CC)=N/N1C(=O)C(Cc2ccccc2)N=C1CC. The standard InChI is InChI=1S/C17H23N3O2/c1-4-15-18-14(12-13-10-8-7-9-11-13)17(21)20(15)19-16(5-2)22-6-3/h7-11,14H,4-6,12H2,1-3H3/b19-16+. The third kappa shape index (κ3) is 3.72. The van der Waals surface area contributed by atoms with Crippen LogP contribution in [0.2, 0.25) is 0 Å². The van der Waals surface area contributed by atoms with Gasteiger partial charge in [-0.15, -0.1) is 5.10 Å². The van der Waals surface area contributed by atoms with Gasteiger partial charge < -0.3 is 4.74 Å². The average molecular weight is 301 g/mol. The fourth-order valence-corrected chi connectivity index (χ4v) is 2.36. The van der Waals surface area contributed by atoms with Gasteiger partial charge in [0.05, 0.1) is 6.61 Å². The molecule has 0 N–H and O–H groups in total. The van der Waals surface area contributed by atoms with Crippen LogP contribution < -0.4 is 0 Å². The highest BCUT2D eigenvalue weighted by atomic mass is 16.5. The van der Waals surface area contributed by atoms with Crippen molar-refractivity contribution in [1.82, 2.24) is 5.01 Å². The quantitative estimate of drug-likeness (QED) is 0.599. The zero-order chi connectivity index (χ0) is 15.9. The Labute approximate surface area is 131 Å². The van der Waals surface area contributed by atoms with Crippen molar-refractivity contribution in [2.75, 3.05) is 6.61 Å². The molecule has 1 unspecified atom stereocenters. The highest BCUT2D eigenvalue weighted by Gasteiger charge is 2.34. The summed E-state index contributed by atoms with van der Waals surface area (Å²) in [5, 5.41) is 5.78. The predicted molar refractivity (Wildman–Crippen MR) is 87.9 cm³/mol. The summed E-state index contributed by atoms with van der Waals surface area (Å²) in [6.07, 6.45) is 1.92. The number of hydrogen-bond donors (Lipinski definition) is 0. The first kappa shape index (κ1) is 16.2. The molecule has 0 saturated heterocycles. The van der Waals surface area contributed by atoms with E-state index in [1.54, 1.807) is 0 Å². The number of amidine groups is 1. The van der Waals surface area contributed by atoms with Crippen molar-refractivity contribution in [3.05, 3.63) is 35.9 Å². The zero-order valence-electron chi connectivity index (χ0n) is 13.5. The molecule has 0 saturated carbocycles. The maximum Gasteiger partial charge on any atom is 0.273 e. The van der Waals surface area contributed by atoms with Gasteiger partial charge in [0.25, 0.3) is 5.91 Å². The minimum absolute atomic E-state index is 0.0774. The van der Waals surface area contributed by atoms with Gasteiger partial charge in [-0.3, -0.25) is 9.79 Å². The molecule has 1 aliphatic rings. The van der Waals surface area contributed by atoms with Crippen molar-refractivity contribution in [3.8, 4) is 0 Å². The number of hydrogen-bond acceptors (Lipinski definition) is 4. The molecule has 1 heterocycles. The molecule has 5 heteroatoms. The Hall–Kier alpha value is -2.17. The Morgan fingerprint density at radius 2 is 2.00 bits per heavy atom. The first-order chi connectivity index (χ1) is 10.7. The molecular weight excluding hydrogens is 278 g/mol. The molecule has 1 amide bonds. The Kier molecular flexibility index (Phi) is 5.69. The summed E-state index contributed by atoms with van der Waals surface area (Å²) in [5.74, 6) is 1.19. The summed E-state index contributed by atoms with van der Waals surface area (Å²) in [5.41, 5.74) is 1.10. The van der Waals surface area contributed by atoms with E-state index >= 15 is 0 Å². The van der Waals surface area contributed by atoms with E-state index in [4.69, 9.17) is 4.74 Å². The monoisotopic (exact) mass is 301 g/mol. The third-order valence-corrected chi connectivity index (χ3v) is 3.46. The molecule has 1 atom stereocenters. The fraction of sp³-hybridized carbons (Fsp3) is 0.471. The van der Waals surface area contributed by atoms with Crippen LogP contribution >= 0.6 is 0 Å². The molecule has 0 aliphatic carbocycles. The van der Waals surface area contributed by atoms with Crippen molar-refractivity contribution in [3.63, 3.8) is 0 Å². The lowest BCUT2D eigenvalue weighted by Gasteiger charge is -2.14. The maximum atomic E-state index is 12.6. The first-order valence-electron chi connectivity index (χ1n) is 7.84. The van der Waals surface area contributed by atoms with Gasteiger partial charge in [0.15, 0.2) is 0 Å². The second-order valence-corrected chi connectivity index (χ2v) is 5.03. The summed E-state index contributed by atoms with van der Waals surface area (Å²) >= 11 is 0. The molecule has 5 nitrogen and oxygen atoms in total. The van der Waals surface area contributed by atoms with E-state index in [0.29, 0.717) is 37.6 Å². The van der Waals surface area contributed by atoms with Crippen LogP contribution in [0.25, 0.3) is 0 Å². The van der Waals surface area contributed by atoms with Crippen molar-refractivity contribution in [2.45, 2.75) is 46.1 Å². The zero-order valence-corrected chi connectivity index (χ0v) is 13.5. The van der Waals surface area contributed by atoms with Gasteiger partial charge in [-0.2, -0.15) is 5.01 Å². The highest BCUT2D eigenvalue weighted by Crippen LogP contribution is 2.18. The molecule has 118 valence electrons. The molecule has 1 aliphatic heterocycles. The van der Waals surface area contributed by atoms with E-state index in [9.17, 15) is 4.79 Å². The van der Waals surface area contributed by atoms with E-state index in [2.05, 4.69) is 10.1 Å². The van der Waals surface area contributed by atoms with Gasteiger partial charge >= 0.3 is 0 Å². The molecule has 0 aromatic heterocycles. The Balaban J connectivity index is 2.17. The van der Waals surface area contributed by atoms with Crippen LogP contribution in [0.5, 0.6) is 0 Å². The number of nitrogens with zero attached hydrogens (tertiary/aromatic N) is 3. The van der Waals surface area contributed by atoms with E-state index in [1.807, 2.05) is 51.1 Å². The van der Waals surface area contributed by atoms with Crippen LogP contribution in [0.1, 0.15) is 39.2 Å². The number of carbonyl (C=O) groups excluding carboxylic acids is 1. The highest BCUT2D eigenvalue weighted by molar-refractivity contribution is 6.06. The number of amides is 1. The number of hydrazone groups is 1. The molecule has 2 rings (SSSR count). The summed E-state index contributed by atoms with van der Waals surface area (Å²) in [6, 6.07) is 9.54. The first-order valence-corrected chi connectivity index (χ1v) is 7.84. The second-order valence-electron chi connectivity index (χ2n) is 5.03. The maximum absolute atomic E-state index is 12.6. The number of rotatable bonds is 6. The minimum Gasteiger partial charge on any atom is -0.480 e. The second kappa shape index (κ2) is 7.73. The number of benzene rings is 1.